The van der Waals surface area contributed by atoms with Crippen molar-refractivity contribution >= 4 is 23.8 Å². The van der Waals surface area contributed by atoms with Gasteiger partial charge in [0.15, 0.2) is 6.61 Å². The lowest BCUT2D eigenvalue weighted by molar-refractivity contribution is -0.140. The van der Waals surface area contributed by atoms with Gasteiger partial charge in [-0.15, -0.1) is 0 Å². The Labute approximate surface area is 174 Å². The third-order valence-electron chi connectivity index (χ3n) is 5.06. The molecule has 0 saturated carbocycles. The molecule has 0 unspecified atom stereocenters. The second-order valence-corrected chi connectivity index (χ2v) is 6.86. The van der Waals surface area contributed by atoms with Gasteiger partial charge < -0.3 is 10.1 Å². The van der Waals surface area contributed by atoms with Crippen LogP contribution in [-0.4, -0.2) is 35.4 Å². The number of carbonyl (C=O) groups excluding carboxylic acids is 4. The Morgan fingerprint density at radius 1 is 1.03 bits per heavy atom. The summed E-state index contributed by atoms with van der Waals surface area (Å²) >= 11 is 0. The summed E-state index contributed by atoms with van der Waals surface area (Å²) in [4.78, 5) is 49.6. The number of nitrogens with zero attached hydrogens (tertiary/aromatic N) is 1. The predicted octanol–water partition coefficient (Wildman–Crippen LogP) is 2.29. The number of hydrogen-bond acceptors (Lipinski definition) is 5. The van der Waals surface area contributed by atoms with Gasteiger partial charge in [0.2, 0.25) is 0 Å². The Morgan fingerprint density at radius 2 is 1.70 bits per heavy atom. The molecule has 8 heteroatoms. The van der Waals surface area contributed by atoms with Crippen molar-refractivity contribution in [2.24, 2.45) is 0 Å². The summed E-state index contributed by atoms with van der Waals surface area (Å²) < 4.78 is 4.99. The van der Waals surface area contributed by atoms with Crippen LogP contribution in [0.2, 0.25) is 0 Å². The third-order valence-corrected chi connectivity index (χ3v) is 5.06. The van der Waals surface area contributed by atoms with E-state index in [1.165, 1.54) is 0 Å². The molecule has 0 radical (unpaired) electrons. The number of urea groups is 1. The zero-order valence-electron chi connectivity index (χ0n) is 16.8. The zero-order chi connectivity index (χ0) is 21.7. The number of aryl methyl sites for hydroxylation is 1. The fourth-order valence-corrected chi connectivity index (χ4v) is 3.29. The van der Waals surface area contributed by atoms with Crippen LogP contribution in [0.4, 0.5) is 4.79 Å². The van der Waals surface area contributed by atoms with Crippen molar-refractivity contribution in [2.45, 2.75) is 32.2 Å². The molecule has 3 rings (SSSR count). The highest BCUT2D eigenvalue weighted by molar-refractivity contribution is 6.08. The second-order valence-electron chi connectivity index (χ2n) is 6.86. The van der Waals surface area contributed by atoms with Gasteiger partial charge in [0.25, 0.3) is 11.8 Å². The second kappa shape index (κ2) is 8.77. The number of hydrogen-bond donors (Lipinski definition) is 2. The van der Waals surface area contributed by atoms with Crippen LogP contribution in [0.25, 0.3) is 0 Å². The molecule has 0 aliphatic carbocycles. The summed E-state index contributed by atoms with van der Waals surface area (Å²) in [6.45, 7) is 3.14. The highest BCUT2D eigenvalue weighted by Crippen LogP contribution is 2.31. The van der Waals surface area contributed by atoms with Crippen LogP contribution in [0.1, 0.15) is 41.8 Å². The smallest absolute Gasteiger partial charge is 0.344 e. The van der Waals surface area contributed by atoms with E-state index in [9.17, 15) is 19.2 Å². The van der Waals surface area contributed by atoms with Crippen molar-refractivity contribution in [3.8, 4) is 0 Å². The topological polar surface area (TPSA) is 105 Å². The summed E-state index contributed by atoms with van der Waals surface area (Å²) in [6, 6.07) is 14.9. The molecule has 1 fully saturated rings. The maximum absolute atomic E-state index is 12.9. The quantitative estimate of drug-likeness (QED) is 0.539. The van der Waals surface area contributed by atoms with E-state index >= 15 is 0 Å². The van der Waals surface area contributed by atoms with Gasteiger partial charge in [0.1, 0.15) is 5.54 Å². The fourth-order valence-electron chi connectivity index (χ4n) is 3.29. The van der Waals surface area contributed by atoms with Crippen molar-refractivity contribution in [3.63, 3.8) is 0 Å². The van der Waals surface area contributed by atoms with Gasteiger partial charge in [-0.3, -0.25) is 15.0 Å². The first kappa shape index (κ1) is 21.0. The average molecular weight is 409 g/mol. The summed E-state index contributed by atoms with van der Waals surface area (Å²) in [6.07, 6.45) is 1.14. The number of esters is 1. The number of ether oxygens (including phenoxy) is 1. The van der Waals surface area contributed by atoms with E-state index in [0.717, 1.165) is 12.0 Å². The molecular formula is C22H23N3O5. The molecule has 1 atom stereocenters. The number of amides is 4. The fraction of sp³-hybridized carbons (Fsp3) is 0.273. The van der Waals surface area contributed by atoms with Crippen LogP contribution in [0, 0.1) is 0 Å². The number of benzene rings is 2. The number of nitrogens with one attached hydrogen (secondary N) is 2. The Bertz CT molecular complexity index is 958. The lowest BCUT2D eigenvalue weighted by Gasteiger charge is -2.25. The number of imide groups is 1. The average Bonchev–Trinajstić information content (AvgIpc) is 3.03. The molecule has 2 aromatic rings. The molecular weight excluding hydrogens is 386 g/mol. The molecule has 156 valence electrons. The Hall–Kier alpha value is -3.68. The van der Waals surface area contributed by atoms with Crippen LogP contribution >= 0.6 is 0 Å². The normalized spacial score (nSPS) is 18.1. The van der Waals surface area contributed by atoms with Gasteiger partial charge in [-0.2, -0.15) is 5.01 Å². The van der Waals surface area contributed by atoms with Gasteiger partial charge in [-0.1, -0.05) is 56.3 Å². The molecule has 8 nitrogen and oxygen atoms in total. The van der Waals surface area contributed by atoms with Gasteiger partial charge in [-0.05, 0) is 36.1 Å². The molecule has 2 aromatic carbocycles. The van der Waals surface area contributed by atoms with E-state index in [2.05, 4.69) is 10.7 Å². The number of rotatable bonds is 7. The van der Waals surface area contributed by atoms with E-state index < -0.39 is 36.0 Å². The highest BCUT2D eigenvalue weighted by atomic mass is 16.5. The summed E-state index contributed by atoms with van der Waals surface area (Å²) in [5, 5.41) is 3.28. The van der Waals surface area contributed by atoms with E-state index in [0.29, 0.717) is 22.6 Å². The van der Waals surface area contributed by atoms with Gasteiger partial charge >= 0.3 is 12.0 Å². The lowest BCUT2D eigenvalue weighted by atomic mass is 9.87. The Morgan fingerprint density at radius 3 is 2.30 bits per heavy atom. The van der Waals surface area contributed by atoms with Gasteiger partial charge in [-0.25, -0.2) is 9.59 Å². The van der Waals surface area contributed by atoms with Crippen molar-refractivity contribution in [3.05, 3.63) is 71.3 Å². The molecule has 0 aromatic heterocycles. The maximum atomic E-state index is 12.9. The molecule has 1 aliphatic rings. The van der Waals surface area contributed by atoms with Crippen molar-refractivity contribution in [1.82, 2.24) is 15.8 Å². The largest absolute Gasteiger partial charge is 0.452 e. The lowest BCUT2D eigenvalue weighted by Crippen LogP contribution is -2.49. The molecule has 1 aliphatic heterocycles. The summed E-state index contributed by atoms with van der Waals surface area (Å²) in [5.41, 5.74) is 2.95. The van der Waals surface area contributed by atoms with E-state index in [1.54, 1.807) is 61.5 Å². The minimum atomic E-state index is -1.26. The molecule has 0 bridgehead atoms. The van der Waals surface area contributed by atoms with Crippen LogP contribution in [-0.2, 0) is 26.3 Å². The van der Waals surface area contributed by atoms with Crippen LogP contribution in [0.15, 0.2) is 54.6 Å². The molecule has 0 spiro atoms. The zero-order valence-corrected chi connectivity index (χ0v) is 16.8. The first-order chi connectivity index (χ1) is 14.4. The van der Waals surface area contributed by atoms with E-state index in [4.69, 9.17) is 4.74 Å². The number of carbonyl (C=O) groups is 4. The maximum Gasteiger partial charge on any atom is 0.344 e. The minimum Gasteiger partial charge on any atom is -0.452 e. The summed E-state index contributed by atoms with van der Waals surface area (Å²) in [5.74, 6) is -2.06. The van der Waals surface area contributed by atoms with Gasteiger partial charge in [0, 0.05) is 0 Å². The molecule has 4 amide bonds. The predicted molar refractivity (Wildman–Crippen MR) is 108 cm³/mol. The van der Waals surface area contributed by atoms with Crippen molar-refractivity contribution in [2.75, 3.05) is 6.61 Å². The van der Waals surface area contributed by atoms with E-state index in [1.807, 2.05) is 6.92 Å². The first-order valence-electron chi connectivity index (χ1n) is 9.69. The van der Waals surface area contributed by atoms with Crippen LogP contribution < -0.4 is 10.7 Å². The highest BCUT2D eigenvalue weighted by Gasteiger charge is 2.52. The first-order valence-corrected chi connectivity index (χ1v) is 9.69. The minimum absolute atomic E-state index is 0.302. The Kier molecular flexibility index (Phi) is 6.15. The molecule has 30 heavy (non-hydrogen) atoms. The Balaban J connectivity index is 1.63. The molecule has 2 N–H and O–H groups in total. The van der Waals surface area contributed by atoms with E-state index in [-0.39, 0.29) is 0 Å². The van der Waals surface area contributed by atoms with Crippen LogP contribution in [0.5, 0.6) is 0 Å². The molecule has 1 saturated heterocycles. The summed E-state index contributed by atoms with van der Waals surface area (Å²) in [7, 11) is 0. The monoisotopic (exact) mass is 409 g/mol. The number of hydrazine groups is 1. The SMILES string of the molecule is CCc1ccc(C(=O)OCC(=O)NN2C(=O)N[C@@](CC)(c3ccccc3)C2=O)cc1. The standard InChI is InChI=1S/C22H23N3O5/c1-3-15-10-12-16(13-11-15)19(27)30-14-18(26)24-25-20(28)22(4-2,23-21(25)29)17-8-6-5-7-9-17/h5-13H,3-4,14H2,1-2H3,(H,23,29)(H,24,26)/t22-/m0/s1. The van der Waals surface area contributed by atoms with Crippen LogP contribution in [0.3, 0.4) is 0 Å². The molecule has 1 heterocycles. The third kappa shape index (κ3) is 4.03. The van der Waals surface area contributed by atoms with Crippen molar-refractivity contribution in [1.29, 1.82) is 0 Å². The van der Waals surface area contributed by atoms with Gasteiger partial charge in [0.05, 0.1) is 5.56 Å². The van der Waals surface area contributed by atoms with Crippen molar-refractivity contribution < 1.29 is 23.9 Å².